The Kier molecular flexibility index (Phi) is 5.92. The lowest BCUT2D eigenvalue weighted by molar-refractivity contribution is 0.204. The van der Waals surface area contributed by atoms with Crippen molar-refractivity contribution in [3.8, 4) is 11.5 Å². The summed E-state index contributed by atoms with van der Waals surface area (Å²) in [6.07, 6.45) is 0.698. The zero-order chi connectivity index (χ0) is 17.7. The molecule has 7 heteroatoms. The minimum Gasteiger partial charge on any atom is -0.396 e. The van der Waals surface area contributed by atoms with Gasteiger partial charge in [-0.1, -0.05) is 25.1 Å². The molecule has 0 fully saturated rings. The SMILES string of the molecule is CCc1noc(-c2ccc(C)c(NC(=O)NC(C)C(C)CO)c2)n1. The smallest absolute Gasteiger partial charge is 0.319 e. The topological polar surface area (TPSA) is 100 Å². The van der Waals surface area contributed by atoms with Crippen molar-refractivity contribution in [3.05, 3.63) is 29.6 Å². The average Bonchev–Trinajstić information content (AvgIpc) is 3.05. The van der Waals surface area contributed by atoms with E-state index in [-0.39, 0.29) is 24.6 Å². The Morgan fingerprint density at radius 2 is 2.12 bits per heavy atom. The van der Waals surface area contributed by atoms with Gasteiger partial charge in [-0.25, -0.2) is 4.79 Å². The van der Waals surface area contributed by atoms with Crippen LogP contribution in [0.25, 0.3) is 11.5 Å². The molecule has 2 aromatic rings. The van der Waals surface area contributed by atoms with Gasteiger partial charge in [0.15, 0.2) is 5.82 Å². The summed E-state index contributed by atoms with van der Waals surface area (Å²) in [5.41, 5.74) is 2.34. The Morgan fingerprint density at radius 3 is 2.75 bits per heavy atom. The van der Waals surface area contributed by atoms with E-state index < -0.39 is 0 Å². The van der Waals surface area contributed by atoms with Crippen molar-refractivity contribution >= 4 is 11.7 Å². The van der Waals surface area contributed by atoms with Gasteiger partial charge in [0.2, 0.25) is 0 Å². The third-order valence-corrected chi connectivity index (χ3v) is 4.02. The number of rotatable bonds is 6. The highest BCUT2D eigenvalue weighted by atomic mass is 16.5. The van der Waals surface area contributed by atoms with Crippen LogP contribution in [-0.4, -0.2) is 33.9 Å². The molecule has 1 aromatic heterocycles. The predicted molar refractivity (Wildman–Crippen MR) is 91.7 cm³/mol. The lowest BCUT2D eigenvalue weighted by Crippen LogP contribution is -2.40. The first kappa shape index (κ1) is 17.9. The van der Waals surface area contributed by atoms with Crippen molar-refractivity contribution in [1.82, 2.24) is 15.5 Å². The van der Waals surface area contributed by atoms with E-state index in [0.29, 0.717) is 23.8 Å². The van der Waals surface area contributed by atoms with E-state index >= 15 is 0 Å². The van der Waals surface area contributed by atoms with Gasteiger partial charge in [-0.2, -0.15) is 4.98 Å². The maximum atomic E-state index is 12.1. The molecule has 0 bridgehead atoms. The summed E-state index contributed by atoms with van der Waals surface area (Å²) in [5, 5.41) is 18.7. The van der Waals surface area contributed by atoms with Crippen molar-refractivity contribution in [1.29, 1.82) is 0 Å². The van der Waals surface area contributed by atoms with Crippen LogP contribution in [0.3, 0.4) is 0 Å². The fraction of sp³-hybridized carbons (Fsp3) is 0.471. The molecule has 0 aliphatic carbocycles. The Labute approximate surface area is 141 Å². The molecule has 2 atom stereocenters. The summed E-state index contributed by atoms with van der Waals surface area (Å²) < 4.78 is 5.23. The largest absolute Gasteiger partial charge is 0.396 e. The lowest BCUT2D eigenvalue weighted by atomic mass is 10.1. The predicted octanol–water partition coefficient (Wildman–Crippen LogP) is 2.75. The van der Waals surface area contributed by atoms with Crippen molar-refractivity contribution in [3.63, 3.8) is 0 Å². The van der Waals surface area contributed by atoms with Gasteiger partial charge >= 0.3 is 6.03 Å². The highest BCUT2D eigenvalue weighted by molar-refractivity contribution is 5.91. The Bertz CT molecular complexity index is 699. The number of amides is 2. The van der Waals surface area contributed by atoms with Gasteiger partial charge in [-0.3, -0.25) is 0 Å². The van der Waals surface area contributed by atoms with Crippen LogP contribution < -0.4 is 10.6 Å². The summed E-state index contributed by atoms with van der Waals surface area (Å²) in [6.45, 7) is 7.61. The van der Waals surface area contributed by atoms with Gasteiger partial charge in [0.05, 0.1) is 0 Å². The average molecular weight is 332 g/mol. The number of benzene rings is 1. The van der Waals surface area contributed by atoms with Crippen LogP contribution in [0, 0.1) is 12.8 Å². The van der Waals surface area contributed by atoms with Gasteiger partial charge in [0.25, 0.3) is 5.89 Å². The highest BCUT2D eigenvalue weighted by Crippen LogP contribution is 2.24. The second kappa shape index (κ2) is 7.92. The number of hydrogen-bond donors (Lipinski definition) is 3. The molecule has 1 heterocycles. The number of carbonyl (C=O) groups is 1. The number of aliphatic hydroxyl groups excluding tert-OH is 1. The third-order valence-electron chi connectivity index (χ3n) is 4.02. The molecule has 130 valence electrons. The van der Waals surface area contributed by atoms with Gasteiger partial charge in [0.1, 0.15) is 0 Å². The Hall–Kier alpha value is -2.41. The van der Waals surface area contributed by atoms with Crippen LogP contribution in [0.5, 0.6) is 0 Å². The summed E-state index contributed by atoms with van der Waals surface area (Å²) in [7, 11) is 0. The van der Waals surface area contributed by atoms with E-state index in [1.54, 1.807) is 0 Å². The van der Waals surface area contributed by atoms with Crippen molar-refractivity contribution in [2.75, 3.05) is 11.9 Å². The van der Waals surface area contributed by atoms with Gasteiger partial charge in [-0.05, 0) is 37.5 Å². The number of nitrogens with one attached hydrogen (secondary N) is 2. The minimum atomic E-state index is -0.317. The zero-order valence-corrected chi connectivity index (χ0v) is 14.5. The number of anilines is 1. The molecule has 2 rings (SSSR count). The molecule has 3 N–H and O–H groups in total. The van der Waals surface area contributed by atoms with Crippen LogP contribution in [0.1, 0.15) is 32.2 Å². The van der Waals surface area contributed by atoms with Crippen molar-refractivity contribution in [2.24, 2.45) is 5.92 Å². The highest BCUT2D eigenvalue weighted by Gasteiger charge is 2.15. The maximum Gasteiger partial charge on any atom is 0.319 e. The normalized spacial score (nSPS) is 13.4. The third kappa shape index (κ3) is 4.32. The van der Waals surface area contributed by atoms with Crippen LogP contribution in [0.15, 0.2) is 22.7 Å². The first-order valence-corrected chi connectivity index (χ1v) is 8.06. The summed E-state index contributed by atoms with van der Waals surface area (Å²) in [5.74, 6) is 1.05. The number of aromatic nitrogens is 2. The molecule has 0 saturated carbocycles. The number of carbonyl (C=O) groups excluding carboxylic acids is 1. The lowest BCUT2D eigenvalue weighted by Gasteiger charge is -2.20. The molecule has 2 amide bonds. The van der Waals surface area contributed by atoms with Crippen LogP contribution in [-0.2, 0) is 6.42 Å². The van der Waals surface area contributed by atoms with Crippen molar-refractivity contribution in [2.45, 2.75) is 40.2 Å². The van der Waals surface area contributed by atoms with Crippen LogP contribution in [0.2, 0.25) is 0 Å². The zero-order valence-electron chi connectivity index (χ0n) is 14.5. The monoisotopic (exact) mass is 332 g/mol. The molecular formula is C17H24N4O3. The fourth-order valence-corrected chi connectivity index (χ4v) is 2.07. The minimum absolute atomic E-state index is 0.0194. The van der Waals surface area contributed by atoms with E-state index in [1.165, 1.54) is 0 Å². The Morgan fingerprint density at radius 1 is 1.38 bits per heavy atom. The van der Waals surface area contributed by atoms with Crippen molar-refractivity contribution < 1.29 is 14.4 Å². The molecule has 24 heavy (non-hydrogen) atoms. The van der Waals surface area contributed by atoms with E-state index in [4.69, 9.17) is 9.63 Å². The summed E-state index contributed by atoms with van der Waals surface area (Å²) in [4.78, 5) is 16.4. The number of aliphatic hydroxyl groups is 1. The van der Waals surface area contributed by atoms with Gasteiger partial charge in [0, 0.05) is 30.3 Å². The van der Waals surface area contributed by atoms with E-state index in [1.807, 2.05) is 45.9 Å². The molecule has 0 aliphatic rings. The molecule has 0 radical (unpaired) electrons. The number of hydrogen-bond acceptors (Lipinski definition) is 5. The molecule has 0 saturated heterocycles. The summed E-state index contributed by atoms with van der Waals surface area (Å²) >= 11 is 0. The maximum absolute atomic E-state index is 12.1. The van der Waals surface area contributed by atoms with Gasteiger partial charge in [-0.15, -0.1) is 0 Å². The Balaban J connectivity index is 2.12. The van der Waals surface area contributed by atoms with Crippen LogP contribution >= 0.6 is 0 Å². The van der Waals surface area contributed by atoms with Crippen LogP contribution in [0.4, 0.5) is 10.5 Å². The molecule has 0 aliphatic heterocycles. The standard InChI is InChI=1S/C17H24N4O3/c1-5-15-20-16(24-21-15)13-7-6-10(2)14(8-13)19-17(23)18-12(4)11(3)9-22/h6-8,11-12,22H,5,9H2,1-4H3,(H2,18,19,23). The first-order valence-electron chi connectivity index (χ1n) is 8.06. The molecule has 7 nitrogen and oxygen atoms in total. The van der Waals surface area contributed by atoms with E-state index in [0.717, 1.165) is 11.1 Å². The number of aryl methyl sites for hydroxylation is 2. The molecular weight excluding hydrogens is 308 g/mol. The first-order chi connectivity index (χ1) is 11.4. The van der Waals surface area contributed by atoms with E-state index in [2.05, 4.69) is 20.8 Å². The number of nitrogens with zero attached hydrogens (tertiary/aromatic N) is 2. The number of urea groups is 1. The second-order valence-electron chi connectivity index (χ2n) is 5.95. The second-order valence-corrected chi connectivity index (χ2v) is 5.95. The quantitative estimate of drug-likeness (QED) is 0.755. The summed E-state index contributed by atoms with van der Waals surface area (Å²) in [6, 6.07) is 5.12. The van der Waals surface area contributed by atoms with E-state index in [9.17, 15) is 4.79 Å². The van der Waals surface area contributed by atoms with Gasteiger partial charge < -0.3 is 20.3 Å². The molecule has 1 aromatic carbocycles. The fourth-order valence-electron chi connectivity index (χ4n) is 2.07. The molecule has 0 spiro atoms. The molecule has 2 unspecified atom stereocenters.